The summed E-state index contributed by atoms with van der Waals surface area (Å²) in [6, 6.07) is 3.54. The summed E-state index contributed by atoms with van der Waals surface area (Å²) in [5.74, 6) is 0.586. The van der Waals surface area contributed by atoms with Gasteiger partial charge in [0.2, 0.25) is 0 Å². The summed E-state index contributed by atoms with van der Waals surface area (Å²) in [6.07, 6.45) is 4.59. The molecule has 1 unspecified atom stereocenters. The monoisotopic (exact) mass is 218 g/mol. The highest BCUT2D eigenvalue weighted by Crippen LogP contribution is 2.24. The van der Waals surface area contributed by atoms with E-state index in [2.05, 4.69) is 4.98 Å². The SMILES string of the molecule is Cc1ccoc1C(O)Cc1cnccc1N. The molecule has 2 aromatic rings. The highest BCUT2D eigenvalue weighted by Gasteiger charge is 2.15. The molecule has 0 fully saturated rings. The molecule has 0 radical (unpaired) electrons. The molecule has 0 aliphatic rings. The normalized spacial score (nSPS) is 12.6. The van der Waals surface area contributed by atoms with Crippen LogP contribution in [0.5, 0.6) is 0 Å². The van der Waals surface area contributed by atoms with Crippen molar-refractivity contribution >= 4 is 5.69 Å². The van der Waals surface area contributed by atoms with E-state index < -0.39 is 6.10 Å². The number of aryl methyl sites for hydroxylation is 1. The van der Waals surface area contributed by atoms with Gasteiger partial charge >= 0.3 is 0 Å². The van der Waals surface area contributed by atoms with Crippen LogP contribution in [0.25, 0.3) is 0 Å². The van der Waals surface area contributed by atoms with Gasteiger partial charge in [-0.3, -0.25) is 4.98 Å². The summed E-state index contributed by atoms with van der Waals surface area (Å²) in [5.41, 5.74) is 8.18. The molecule has 0 saturated heterocycles. The Labute approximate surface area is 93.7 Å². The second kappa shape index (κ2) is 4.37. The van der Waals surface area contributed by atoms with Gasteiger partial charge < -0.3 is 15.3 Å². The van der Waals surface area contributed by atoms with Gasteiger partial charge in [-0.1, -0.05) is 0 Å². The molecule has 3 N–H and O–H groups in total. The molecule has 0 saturated carbocycles. The van der Waals surface area contributed by atoms with Crippen molar-refractivity contribution in [3.8, 4) is 0 Å². The highest BCUT2D eigenvalue weighted by molar-refractivity contribution is 5.44. The summed E-state index contributed by atoms with van der Waals surface area (Å²) in [5, 5.41) is 9.99. The molecular formula is C12H14N2O2. The molecule has 84 valence electrons. The lowest BCUT2D eigenvalue weighted by Crippen LogP contribution is -2.04. The van der Waals surface area contributed by atoms with Crippen molar-refractivity contribution in [2.24, 2.45) is 0 Å². The van der Waals surface area contributed by atoms with Crippen LogP contribution < -0.4 is 5.73 Å². The maximum absolute atomic E-state index is 9.99. The van der Waals surface area contributed by atoms with E-state index in [1.165, 1.54) is 0 Å². The minimum absolute atomic E-state index is 0.411. The molecule has 4 nitrogen and oxygen atoms in total. The van der Waals surface area contributed by atoms with Crippen molar-refractivity contribution in [3.63, 3.8) is 0 Å². The van der Waals surface area contributed by atoms with Crippen LogP contribution in [0.2, 0.25) is 0 Å². The Morgan fingerprint density at radius 1 is 1.50 bits per heavy atom. The molecule has 0 aromatic carbocycles. The fraction of sp³-hybridized carbons (Fsp3) is 0.250. The number of aromatic nitrogens is 1. The molecule has 4 heteroatoms. The van der Waals surface area contributed by atoms with E-state index in [-0.39, 0.29) is 0 Å². The Morgan fingerprint density at radius 3 is 2.94 bits per heavy atom. The van der Waals surface area contributed by atoms with Gasteiger partial charge in [-0.25, -0.2) is 0 Å². The quantitative estimate of drug-likeness (QED) is 0.824. The minimum Gasteiger partial charge on any atom is -0.466 e. The first-order valence-corrected chi connectivity index (χ1v) is 5.09. The fourth-order valence-corrected chi connectivity index (χ4v) is 1.64. The third-order valence-electron chi connectivity index (χ3n) is 2.56. The predicted molar refractivity (Wildman–Crippen MR) is 60.8 cm³/mol. The average molecular weight is 218 g/mol. The molecule has 0 amide bonds. The molecule has 2 aromatic heterocycles. The summed E-state index contributed by atoms with van der Waals surface area (Å²) < 4.78 is 5.23. The molecule has 0 aliphatic carbocycles. The number of anilines is 1. The number of hydrogen-bond acceptors (Lipinski definition) is 4. The van der Waals surface area contributed by atoms with Crippen LogP contribution in [-0.4, -0.2) is 10.1 Å². The van der Waals surface area contributed by atoms with Gasteiger partial charge in [-0.15, -0.1) is 0 Å². The molecule has 0 bridgehead atoms. The first kappa shape index (κ1) is 10.7. The number of rotatable bonds is 3. The Balaban J connectivity index is 2.17. The number of aliphatic hydroxyl groups is 1. The lowest BCUT2D eigenvalue weighted by atomic mass is 10.0. The van der Waals surface area contributed by atoms with Crippen molar-refractivity contribution in [1.29, 1.82) is 0 Å². The third-order valence-corrected chi connectivity index (χ3v) is 2.56. The van der Waals surface area contributed by atoms with E-state index in [1.54, 1.807) is 24.7 Å². The Kier molecular flexibility index (Phi) is 2.92. The van der Waals surface area contributed by atoms with Crippen LogP contribution in [0.3, 0.4) is 0 Å². The van der Waals surface area contributed by atoms with Gasteiger partial charge in [0.25, 0.3) is 0 Å². The molecule has 2 rings (SSSR count). The number of pyridine rings is 1. The largest absolute Gasteiger partial charge is 0.466 e. The number of nitrogens with zero attached hydrogens (tertiary/aromatic N) is 1. The van der Waals surface area contributed by atoms with E-state index in [0.717, 1.165) is 11.1 Å². The topological polar surface area (TPSA) is 72.3 Å². The van der Waals surface area contributed by atoms with Gasteiger partial charge in [0.1, 0.15) is 11.9 Å². The number of hydrogen-bond donors (Lipinski definition) is 2. The standard InChI is InChI=1S/C12H14N2O2/c1-8-3-5-16-12(8)11(15)6-9-7-14-4-2-10(9)13/h2-5,7,11,15H,6H2,1H3,(H2,13,14). The van der Waals surface area contributed by atoms with Gasteiger partial charge in [0.15, 0.2) is 0 Å². The van der Waals surface area contributed by atoms with Crippen LogP contribution in [0, 0.1) is 6.92 Å². The van der Waals surface area contributed by atoms with Gasteiger partial charge in [0, 0.05) is 24.5 Å². The maximum atomic E-state index is 9.99. The van der Waals surface area contributed by atoms with E-state index in [1.807, 2.05) is 13.0 Å². The maximum Gasteiger partial charge on any atom is 0.135 e. The van der Waals surface area contributed by atoms with Crippen molar-refractivity contribution < 1.29 is 9.52 Å². The summed E-state index contributed by atoms with van der Waals surface area (Å²) in [6.45, 7) is 1.90. The summed E-state index contributed by atoms with van der Waals surface area (Å²) >= 11 is 0. The van der Waals surface area contributed by atoms with Crippen molar-refractivity contribution in [1.82, 2.24) is 4.98 Å². The molecule has 0 spiro atoms. The molecular weight excluding hydrogens is 204 g/mol. The zero-order chi connectivity index (χ0) is 11.5. The average Bonchev–Trinajstić information content (AvgIpc) is 2.68. The Hall–Kier alpha value is -1.81. The van der Waals surface area contributed by atoms with Crippen molar-refractivity contribution in [2.45, 2.75) is 19.4 Å². The van der Waals surface area contributed by atoms with Crippen LogP contribution >= 0.6 is 0 Å². The Morgan fingerprint density at radius 2 is 2.31 bits per heavy atom. The van der Waals surface area contributed by atoms with Crippen molar-refractivity contribution in [2.75, 3.05) is 5.73 Å². The van der Waals surface area contributed by atoms with Crippen LogP contribution in [0.1, 0.15) is 23.0 Å². The molecule has 0 aliphatic heterocycles. The van der Waals surface area contributed by atoms with Crippen molar-refractivity contribution in [3.05, 3.63) is 47.7 Å². The van der Waals surface area contributed by atoms with Crippen LogP contribution in [0.4, 0.5) is 5.69 Å². The molecule has 2 heterocycles. The zero-order valence-corrected chi connectivity index (χ0v) is 9.05. The third kappa shape index (κ3) is 2.06. The fourth-order valence-electron chi connectivity index (χ4n) is 1.64. The lowest BCUT2D eigenvalue weighted by Gasteiger charge is -2.10. The number of aliphatic hydroxyl groups excluding tert-OH is 1. The lowest BCUT2D eigenvalue weighted by molar-refractivity contribution is 0.149. The van der Waals surface area contributed by atoms with Crippen LogP contribution in [0.15, 0.2) is 35.2 Å². The smallest absolute Gasteiger partial charge is 0.135 e. The molecule has 1 atom stereocenters. The Bertz CT molecular complexity index is 479. The minimum atomic E-state index is -0.679. The van der Waals surface area contributed by atoms with Gasteiger partial charge in [-0.05, 0) is 30.2 Å². The van der Waals surface area contributed by atoms with Gasteiger partial charge in [-0.2, -0.15) is 0 Å². The van der Waals surface area contributed by atoms with E-state index >= 15 is 0 Å². The summed E-state index contributed by atoms with van der Waals surface area (Å²) in [4.78, 5) is 3.98. The molecule has 16 heavy (non-hydrogen) atoms. The number of nitrogens with two attached hydrogens (primary N) is 1. The van der Waals surface area contributed by atoms with Crippen LogP contribution in [-0.2, 0) is 6.42 Å². The first-order chi connectivity index (χ1) is 7.68. The van der Waals surface area contributed by atoms with Gasteiger partial charge in [0.05, 0.1) is 6.26 Å². The predicted octanol–water partition coefficient (Wildman–Crippen LogP) is 1.84. The zero-order valence-electron chi connectivity index (χ0n) is 9.05. The second-order valence-corrected chi connectivity index (χ2v) is 3.76. The van der Waals surface area contributed by atoms with E-state index in [9.17, 15) is 5.11 Å². The number of furan rings is 1. The van der Waals surface area contributed by atoms with E-state index in [4.69, 9.17) is 10.2 Å². The second-order valence-electron chi connectivity index (χ2n) is 3.76. The first-order valence-electron chi connectivity index (χ1n) is 5.09. The summed E-state index contributed by atoms with van der Waals surface area (Å²) in [7, 11) is 0. The highest BCUT2D eigenvalue weighted by atomic mass is 16.4. The number of nitrogen functional groups attached to an aromatic ring is 1. The van der Waals surface area contributed by atoms with E-state index in [0.29, 0.717) is 17.9 Å².